The fourth-order valence-corrected chi connectivity index (χ4v) is 3.88. The van der Waals surface area contributed by atoms with Crippen LogP contribution in [-0.2, 0) is 11.5 Å². The number of hydrazine groups is 1. The average Bonchev–Trinajstić information content (AvgIpc) is 3.19. The maximum atomic E-state index is 15.8. The van der Waals surface area contributed by atoms with E-state index in [1.165, 1.54) is 11.1 Å². The van der Waals surface area contributed by atoms with E-state index in [4.69, 9.17) is 17.0 Å². The highest BCUT2D eigenvalue weighted by molar-refractivity contribution is 7.80. The van der Waals surface area contributed by atoms with Crippen LogP contribution in [0.3, 0.4) is 0 Å². The first-order chi connectivity index (χ1) is 16.1. The molecule has 2 aromatic carbocycles. The highest BCUT2D eigenvalue weighted by atomic mass is 32.1. The van der Waals surface area contributed by atoms with E-state index in [9.17, 15) is 13.9 Å². The Morgan fingerprint density at radius 1 is 1.09 bits per heavy atom. The van der Waals surface area contributed by atoms with Crippen molar-refractivity contribution >= 4 is 17.2 Å². The molecular formula is C24H21F4N3O2S. The predicted octanol–water partition coefficient (Wildman–Crippen LogP) is 4.98. The van der Waals surface area contributed by atoms with E-state index >= 15 is 8.78 Å². The molecule has 1 atom stereocenters. The molecular weight excluding hydrogens is 470 g/mol. The quantitative estimate of drug-likeness (QED) is 0.359. The first-order valence-electron chi connectivity index (χ1n) is 10.4. The summed E-state index contributed by atoms with van der Waals surface area (Å²) in [5, 5.41) is 12.5. The van der Waals surface area contributed by atoms with Gasteiger partial charge >= 0.3 is 5.92 Å². The Morgan fingerprint density at radius 2 is 1.79 bits per heavy atom. The van der Waals surface area contributed by atoms with Gasteiger partial charge in [0.05, 0.1) is 17.7 Å². The van der Waals surface area contributed by atoms with Crippen LogP contribution in [-0.4, -0.2) is 33.2 Å². The van der Waals surface area contributed by atoms with Crippen molar-refractivity contribution in [2.24, 2.45) is 0 Å². The SMILES string of the molecule is Cc1ccc(Oc2ccc(C(F)(F)C(O)(CN3NCCC3=S)c3ccc(F)cc3F)nc2)cc1. The van der Waals surface area contributed by atoms with Crippen molar-refractivity contribution in [2.75, 3.05) is 13.1 Å². The van der Waals surface area contributed by atoms with Gasteiger partial charge in [0.1, 0.15) is 28.8 Å². The maximum Gasteiger partial charge on any atom is 0.323 e. The number of benzene rings is 2. The van der Waals surface area contributed by atoms with Crippen LogP contribution >= 0.6 is 12.2 Å². The minimum Gasteiger partial charge on any atom is -0.456 e. The smallest absolute Gasteiger partial charge is 0.323 e. The molecule has 0 aliphatic carbocycles. The van der Waals surface area contributed by atoms with Crippen LogP contribution in [0.15, 0.2) is 60.8 Å². The number of nitrogens with zero attached hydrogens (tertiary/aromatic N) is 2. The van der Waals surface area contributed by atoms with Crippen molar-refractivity contribution in [3.63, 3.8) is 0 Å². The summed E-state index contributed by atoms with van der Waals surface area (Å²) in [4.78, 5) is 4.08. The third-order valence-corrected chi connectivity index (χ3v) is 5.96. The first kappa shape index (κ1) is 24.1. The van der Waals surface area contributed by atoms with E-state index in [0.29, 0.717) is 24.8 Å². The summed E-state index contributed by atoms with van der Waals surface area (Å²) in [6.07, 6.45) is 1.48. The van der Waals surface area contributed by atoms with Crippen LogP contribution in [0.25, 0.3) is 0 Å². The van der Waals surface area contributed by atoms with Crippen LogP contribution < -0.4 is 10.2 Å². The van der Waals surface area contributed by atoms with Gasteiger partial charge in [-0.1, -0.05) is 29.9 Å². The topological polar surface area (TPSA) is 57.6 Å². The van der Waals surface area contributed by atoms with Crippen molar-refractivity contribution in [3.8, 4) is 11.5 Å². The van der Waals surface area contributed by atoms with Crippen molar-refractivity contribution in [2.45, 2.75) is 24.9 Å². The number of rotatable bonds is 7. The van der Waals surface area contributed by atoms with Crippen LogP contribution in [0, 0.1) is 18.6 Å². The molecule has 34 heavy (non-hydrogen) atoms. The summed E-state index contributed by atoms with van der Waals surface area (Å²) in [6.45, 7) is 1.51. The standard InChI is InChI=1S/C24H21F4N3O2S/c1-15-2-5-17(6-3-15)33-18-7-9-21(29-13-18)24(27,28)23(32,14-31-22(34)10-11-30-31)19-8-4-16(25)12-20(19)26/h2-9,12-13,30,32H,10-11,14H2,1H3. The summed E-state index contributed by atoms with van der Waals surface area (Å²) < 4.78 is 65.4. The van der Waals surface area contributed by atoms with Gasteiger partial charge in [-0.2, -0.15) is 8.78 Å². The van der Waals surface area contributed by atoms with E-state index in [0.717, 1.165) is 30.0 Å². The first-order valence-corrected chi connectivity index (χ1v) is 10.8. The summed E-state index contributed by atoms with van der Waals surface area (Å²) >= 11 is 5.16. The number of β-amino-alcohol motifs (C(OH)–C–C–N with tert-alkyl or cyclic N) is 1. The molecule has 0 radical (unpaired) electrons. The largest absolute Gasteiger partial charge is 0.456 e. The molecule has 1 aliphatic rings. The van der Waals surface area contributed by atoms with E-state index in [2.05, 4.69) is 10.4 Å². The van der Waals surface area contributed by atoms with Crippen molar-refractivity contribution < 1.29 is 27.4 Å². The zero-order valence-corrected chi connectivity index (χ0v) is 18.9. The molecule has 178 valence electrons. The van der Waals surface area contributed by atoms with Gasteiger partial charge < -0.3 is 9.84 Å². The molecule has 1 saturated heterocycles. The van der Waals surface area contributed by atoms with Gasteiger partial charge in [0, 0.05) is 24.6 Å². The predicted molar refractivity (Wildman–Crippen MR) is 122 cm³/mol. The van der Waals surface area contributed by atoms with Gasteiger partial charge in [-0.05, 0) is 43.3 Å². The van der Waals surface area contributed by atoms with Gasteiger partial charge in [0.2, 0.25) is 0 Å². The van der Waals surface area contributed by atoms with Crippen molar-refractivity contribution in [3.05, 3.63) is 89.2 Å². The fraction of sp³-hybridized carbons (Fsp3) is 0.250. The number of pyridine rings is 1. The Labute approximate surface area is 199 Å². The molecule has 1 aliphatic heterocycles. The van der Waals surface area contributed by atoms with Crippen LogP contribution in [0.2, 0.25) is 0 Å². The van der Waals surface area contributed by atoms with E-state index in [1.54, 1.807) is 12.1 Å². The van der Waals surface area contributed by atoms with Gasteiger partial charge in [-0.15, -0.1) is 0 Å². The molecule has 0 amide bonds. The number of alkyl halides is 2. The maximum absolute atomic E-state index is 15.8. The normalized spacial score (nSPS) is 15.9. The molecule has 0 bridgehead atoms. The lowest BCUT2D eigenvalue weighted by Gasteiger charge is -2.39. The van der Waals surface area contributed by atoms with Gasteiger partial charge in [-0.25, -0.2) is 14.2 Å². The van der Waals surface area contributed by atoms with Crippen molar-refractivity contribution in [1.82, 2.24) is 15.4 Å². The van der Waals surface area contributed by atoms with Gasteiger partial charge in [0.25, 0.3) is 0 Å². The average molecular weight is 492 g/mol. The molecule has 2 heterocycles. The van der Waals surface area contributed by atoms with Gasteiger partial charge in [-0.3, -0.25) is 9.99 Å². The zero-order valence-electron chi connectivity index (χ0n) is 18.1. The van der Waals surface area contributed by atoms with E-state index in [1.807, 2.05) is 19.1 Å². The number of hydrogen-bond acceptors (Lipinski definition) is 5. The number of hydrogen-bond donors (Lipinski definition) is 2. The summed E-state index contributed by atoms with van der Waals surface area (Å²) in [7, 11) is 0. The van der Waals surface area contributed by atoms with Gasteiger partial charge in [0.15, 0.2) is 5.60 Å². The molecule has 0 spiro atoms. The summed E-state index contributed by atoms with van der Waals surface area (Å²) in [5.41, 5.74) is -0.910. The molecule has 3 aromatic rings. The highest BCUT2D eigenvalue weighted by Gasteiger charge is 2.58. The molecule has 5 nitrogen and oxygen atoms in total. The number of aliphatic hydroxyl groups is 1. The number of halogens is 4. The molecule has 10 heteroatoms. The number of aromatic nitrogens is 1. The minimum absolute atomic E-state index is 0.197. The van der Waals surface area contributed by atoms with E-state index in [-0.39, 0.29) is 10.7 Å². The van der Waals surface area contributed by atoms with Crippen LogP contribution in [0.1, 0.15) is 23.2 Å². The highest BCUT2D eigenvalue weighted by Crippen LogP contribution is 2.46. The molecule has 1 fully saturated rings. The fourth-order valence-electron chi connectivity index (χ4n) is 3.65. The number of nitrogens with one attached hydrogen (secondary N) is 1. The summed E-state index contributed by atoms with van der Waals surface area (Å²) in [6, 6.07) is 11.4. The lowest BCUT2D eigenvalue weighted by atomic mass is 9.84. The molecule has 0 saturated carbocycles. The lowest BCUT2D eigenvalue weighted by Crippen LogP contribution is -2.54. The Balaban J connectivity index is 1.69. The Morgan fingerprint density at radius 3 is 2.38 bits per heavy atom. The number of aryl methyl sites for hydroxylation is 1. The number of ether oxygens (including phenoxy) is 1. The zero-order chi connectivity index (χ0) is 24.5. The second-order valence-electron chi connectivity index (χ2n) is 7.99. The van der Waals surface area contributed by atoms with Crippen molar-refractivity contribution in [1.29, 1.82) is 0 Å². The van der Waals surface area contributed by atoms with Crippen LogP contribution in [0.4, 0.5) is 17.6 Å². The molecule has 4 rings (SSSR count). The number of thiocarbonyl (C=S) groups is 1. The monoisotopic (exact) mass is 491 g/mol. The Bertz CT molecular complexity index is 1190. The lowest BCUT2D eigenvalue weighted by molar-refractivity contribution is -0.205. The Kier molecular flexibility index (Phi) is 6.57. The Hall–Kier alpha value is -3.08. The van der Waals surface area contributed by atoms with E-state index < -0.39 is 41.0 Å². The third-order valence-electron chi connectivity index (χ3n) is 5.54. The molecule has 2 N–H and O–H groups in total. The molecule has 1 unspecified atom stereocenters. The third kappa shape index (κ3) is 4.61. The summed E-state index contributed by atoms with van der Waals surface area (Å²) in [5.74, 6) is -5.68. The second kappa shape index (κ2) is 9.28. The van der Waals surface area contributed by atoms with Crippen LogP contribution in [0.5, 0.6) is 11.5 Å². The second-order valence-corrected chi connectivity index (χ2v) is 8.46. The molecule has 1 aromatic heterocycles. The minimum atomic E-state index is -4.09.